The molecule has 2 nitrogen and oxygen atoms in total. The third-order valence-corrected chi connectivity index (χ3v) is 3.18. The van der Waals surface area contributed by atoms with E-state index in [4.69, 9.17) is 4.74 Å². The molecule has 0 amide bonds. The van der Waals surface area contributed by atoms with Crippen LogP contribution in [0.2, 0.25) is 0 Å². The maximum atomic E-state index is 13.6. The number of aromatic nitrogens is 1. The fourth-order valence-electron chi connectivity index (χ4n) is 1.98. The molecule has 21 heavy (non-hydrogen) atoms. The molecule has 0 fully saturated rings. The monoisotopic (exact) mass is 291 g/mol. The summed E-state index contributed by atoms with van der Waals surface area (Å²) in [5, 5.41) is 0. The van der Waals surface area contributed by atoms with Crippen molar-refractivity contribution in [1.82, 2.24) is 4.98 Å². The van der Waals surface area contributed by atoms with Crippen molar-refractivity contribution in [1.29, 1.82) is 0 Å². The van der Waals surface area contributed by atoms with E-state index in [2.05, 4.69) is 4.98 Å². The maximum Gasteiger partial charge on any atom is 0.137 e. The van der Waals surface area contributed by atoms with Crippen LogP contribution in [0.5, 0.6) is 5.75 Å². The van der Waals surface area contributed by atoms with E-state index in [9.17, 15) is 8.78 Å². The van der Waals surface area contributed by atoms with E-state index in [-0.39, 0.29) is 13.0 Å². The molecular formula is C17H19F2NO. The van der Waals surface area contributed by atoms with Gasteiger partial charge in [-0.1, -0.05) is 25.1 Å². The lowest BCUT2D eigenvalue weighted by Crippen LogP contribution is -2.17. The number of alkyl halides is 2. The zero-order valence-electron chi connectivity index (χ0n) is 12.0. The molecule has 112 valence electrons. The second-order valence-electron chi connectivity index (χ2n) is 4.89. The van der Waals surface area contributed by atoms with Gasteiger partial charge in [-0.2, -0.15) is 0 Å². The van der Waals surface area contributed by atoms with Gasteiger partial charge in [-0.05, 0) is 30.7 Å². The number of rotatable bonds is 7. The summed E-state index contributed by atoms with van der Waals surface area (Å²) in [4.78, 5) is 4.26. The van der Waals surface area contributed by atoms with Gasteiger partial charge in [0.15, 0.2) is 0 Å². The van der Waals surface area contributed by atoms with Gasteiger partial charge in [-0.25, -0.2) is 8.78 Å². The highest BCUT2D eigenvalue weighted by molar-refractivity contribution is 5.60. The molecule has 0 N–H and O–H groups in total. The van der Waals surface area contributed by atoms with Gasteiger partial charge in [-0.15, -0.1) is 0 Å². The molecule has 1 aromatic carbocycles. The number of hydrogen-bond donors (Lipinski definition) is 0. The van der Waals surface area contributed by atoms with Gasteiger partial charge in [-0.3, -0.25) is 4.98 Å². The third kappa shape index (κ3) is 4.81. The summed E-state index contributed by atoms with van der Waals surface area (Å²) in [5.74, 6) is 0.563. The average Bonchev–Trinajstić information content (AvgIpc) is 2.54. The number of halogens is 2. The lowest BCUT2D eigenvalue weighted by atomic mass is 10.1. The zero-order valence-corrected chi connectivity index (χ0v) is 12.0. The van der Waals surface area contributed by atoms with E-state index >= 15 is 0 Å². The molecule has 0 bridgehead atoms. The highest BCUT2D eigenvalue weighted by Crippen LogP contribution is 2.22. The van der Waals surface area contributed by atoms with Crippen LogP contribution >= 0.6 is 0 Å². The highest BCUT2D eigenvalue weighted by Gasteiger charge is 2.14. The second-order valence-corrected chi connectivity index (χ2v) is 4.89. The molecule has 2 aromatic rings. The molecule has 0 aliphatic rings. The van der Waals surface area contributed by atoms with E-state index in [0.29, 0.717) is 12.2 Å². The molecule has 2 rings (SSSR count). The fourth-order valence-corrected chi connectivity index (χ4v) is 1.98. The maximum absolute atomic E-state index is 13.6. The van der Waals surface area contributed by atoms with Crippen LogP contribution in [0.4, 0.5) is 8.78 Å². The summed E-state index contributed by atoms with van der Waals surface area (Å²) in [6, 6.07) is 12.9. The summed E-state index contributed by atoms with van der Waals surface area (Å²) in [6.07, 6.45) is -0.472. The Bertz CT molecular complexity index is 547. The Hall–Kier alpha value is -1.97. The first kappa shape index (κ1) is 15.4. The first-order chi connectivity index (χ1) is 10.2. The Morgan fingerprint density at radius 3 is 2.67 bits per heavy atom. The molecular weight excluding hydrogens is 272 g/mol. The molecule has 4 heteroatoms. The molecule has 2 unspecified atom stereocenters. The predicted octanol–water partition coefficient (Wildman–Crippen LogP) is 4.60. The van der Waals surface area contributed by atoms with Gasteiger partial charge in [0.1, 0.15) is 24.7 Å². The summed E-state index contributed by atoms with van der Waals surface area (Å²) < 4.78 is 32.1. The first-order valence-corrected chi connectivity index (χ1v) is 7.11. The number of pyridine rings is 1. The molecule has 0 saturated heterocycles. The molecule has 0 saturated carbocycles. The minimum atomic E-state index is -1.29. The second kappa shape index (κ2) is 7.72. The minimum absolute atomic E-state index is 0.115. The zero-order chi connectivity index (χ0) is 15.1. The van der Waals surface area contributed by atoms with E-state index < -0.39 is 12.3 Å². The van der Waals surface area contributed by atoms with E-state index in [1.165, 1.54) is 0 Å². The van der Waals surface area contributed by atoms with Crippen molar-refractivity contribution in [2.75, 3.05) is 6.61 Å². The number of nitrogens with zero attached hydrogens (tertiary/aromatic N) is 1. The molecule has 0 radical (unpaired) electrons. The lowest BCUT2D eigenvalue weighted by molar-refractivity contribution is 0.149. The number of benzene rings is 1. The van der Waals surface area contributed by atoms with Crippen molar-refractivity contribution in [3.63, 3.8) is 0 Å². The number of ether oxygens (including phenoxy) is 1. The summed E-state index contributed by atoms with van der Waals surface area (Å²) >= 11 is 0. The predicted molar refractivity (Wildman–Crippen MR) is 79.9 cm³/mol. The summed E-state index contributed by atoms with van der Waals surface area (Å²) in [5.41, 5.74) is 1.73. The van der Waals surface area contributed by atoms with Crippen LogP contribution in [0.25, 0.3) is 11.3 Å². The third-order valence-electron chi connectivity index (χ3n) is 3.18. The minimum Gasteiger partial charge on any atom is -0.491 e. The van der Waals surface area contributed by atoms with Crippen LogP contribution in [0, 0.1) is 0 Å². The van der Waals surface area contributed by atoms with Gasteiger partial charge in [0, 0.05) is 18.2 Å². The molecule has 0 aliphatic heterocycles. The summed E-state index contributed by atoms with van der Waals surface area (Å²) in [7, 11) is 0. The van der Waals surface area contributed by atoms with Crippen LogP contribution in [-0.4, -0.2) is 23.9 Å². The quantitative estimate of drug-likeness (QED) is 0.743. The Kier molecular flexibility index (Phi) is 5.67. The Labute approximate surface area is 123 Å². The standard InChI is InChI=1S/C17H19F2NO/c1-2-14(18)11-15(19)12-21-16-7-5-6-13(10-16)17-8-3-4-9-20-17/h3-10,14-15H,2,11-12H2,1H3. The molecule has 1 aromatic heterocycles. The molecule has 0 spiro atoms. The van der Waals surface area contributed by atoms with Gasteiger partial charge in [0.2, 0.25) is 0 Å². The largest absolute Gasteiger partial charge is 0.491 e. The van der Waals surface area contributed by atoms with Crippen molar-refractivity contribution in [2.45, 2.75) is 32.1 Å². The summed E-state index contributed by atoms with van der Waals surface area (Å²) in [6.45, 7) is 1.57. The van der Waals surface area contributed by atoms with Crippen molar-refractivity contribution in [3.8, 4) is 17.0 Å². The van der Waals surface area contributed by atoms with Gasteiger partial charge < -0.3 is 4.74 Å². The molecule has 0 aliphatic carbocycles. The fraction of sp³-hybridized carbons (Fsp3) is 0.353. The van der Waals surface area contributed by atoms with Gasteiger partial charge in [0.25, 0.3) is 0 Å². The molecule has 2 atom stereocenters. The first-order valence-electron chi connectivity index (χ1n) is 7.11. The van der Waals surface area contributed by atoms with E-state index in [1.807, 2.05) is 36.4 Å². The normalized spacial score (nSPS) is 13.7. The van der Waals surface area contributed by atoms with Crippen LogP contribution in [-0.2, 0) is 0 Å². The topological polar surface area (TPSA) is 22.1 Å². The van der Waals surface area contributed by atoms with Crippen molar-refractivity contribution in [2.24, 2.45) is 0 Å². The Morgan fingerprint density at radius 1 is 1.10 bits per heavy atom. The van der Waals surface area contributed by atoms with Crippen molar-refractivity contribution in [3.05, 3.63) is 48.7 Å². The average molecular weight is 291 g/mol. The molecule has 1 heterocycles. The van der Waals surface area contributed by atoms with E-state index in [1.54, 1.807) is 19.2 Å². The van der Waals surface area contributed by atoms with Gasteiger partial charge in [0.05, 0.1) is 5.69 Å². The van der Waals surface area contributed by atoms with Crippen LogP contribution in [0.3, 0.4) is 0 Å². The SMILES string of the molecule is CCC(F)CC(F)COc1cccc(-c2ccccn2)c1. The Morgan fingerprint density at radius 2 is 1.95 bits per heavy atom. The van der Waals surface area contributed by atoms with Crippen LogP contribution in [0.1, 0.15) is 19.8 Å². The Balaban J connectivity index is 1.96. The van der Waals surface area contributed by atoms with Crippen molar-refractivity contribution < 1.29 is 13.5 Å². The van der Waals surface area contributed by atoms with Gasteiger partial charge >= 0.3 is 0 Å². The smallest absolute Gasteiger partial charge is 0.137 e. The van der Waals surface area contributed by atoms with Crippen LogP contribution < -0.4 is 4.74 Å². The van der Waals surface area contributed by atoms with Crippen LogP contribution in [0.15, 0.2) is 48.7 Å². The van der Waals surface area contributed by atoms with Crippen molar-refractivity contribution >= 4 is 0 Å². The van der Waals surface area contributed by atoms with E-state index in [0.717, 1.165) is 11.3 Å². The lowest BCUT2D eigenvalue weighted by Gasteiger charge is -2.12. The number of hydrogen-bond acceptors (Lipinski definition) is 2. The highest BCUT2D eigenvalue weighted by atomic mass is 19.1.